The van der Waals surface area contributed by atoms with E-state index in [-0.39, 0.29) is 29.6 Å². The van der Waals surface area contributed by atoms with Gasteiger partial charge in [0.25, 0.3) is 0 Å². The maximum atomic E-state index is 13.7. The van der Waals surface area contributed by atoms with E-state index in [2.05, 4.69) is 15.5 Å². The number of nitrogens with zero attached hydrogens (tertiary/aromatic N) is 1. The molecule has 1 aromatic rings. The van der Waals surface area contributed by atoms with Crippen LogP contribution in [-0.2, 0) is 9.59 Å². The van der Waals surface area contributed by atoms with Crippen molar-refractivity contribution in [1.82, 2.24) is 10.2 Å². The summed E-state index contributed by atoms with van der Waals surface area (Å²) >= 11 is 0. The molecule has 1 aromatic carbocycles. The number of benzene rings is 1. The zero-order chi connectivity index (χ0) is 18.9. The van der Waals surface area contributed by atoms with Crippen LogP contribution in [0.15, 0.2) is 18.2 Å². The van der Waals surface area contributed by atoms with Crippen LogP contribution in [0.4, 0.5) is 10.1 Å². The summed E-state index contributed by atoms with van der Waals surface area (Å²) in [5.41, 5.74) is 1.17. The van der Waals surface area contributed by atoms with Gasteiger partial charge in [-0.15, -0.1) is 0 Å². The Hall–Kier alpha value is -1.95. The molecule has 1 atom stereocenters. The van der Waals surface area contributed by atoms with Crippen molar-refractivity contribution in [2.75, 3.05) is 25.0 Å². The van der Waals surface area contributed by atoms with Gasteiger partial charge < -0.3 is 10.6 Å². The lowest BCUT2D eigenvalue weighted by Crippen LogP contribution is -2.56. The number of piperidine rings is 1. The number of likely N-dealkylation sites (tertiary alicyclic amines) is 1. The van der Waals surface area contributed by atoms with Crippen LogP contribution < -0.4 is 10.6 Å². The van der Waals surface area contributed by atoms with Gasteiger partial charge >= 0.3 is 0 Å². The minimum Gasteiger partial charge on any atom is -0.354 e. The molecule has 1 saturated carbocycles. The summed E-state index contributed by atoms with van der Waals surface area (Å²) in [6.45, 7) is 2.83. The van der Waals surface area contributed by atoms with E-state index in [1.54, 1.807) is 0 Å². The molecule has 2 aliphatic heterocycles. The molecule has 2 fully saturated rings. The van der Waals surface area contributed by atoms with E-state index < -0.39 is 5.92 Å². The molecule has 4 rings (SSSR count). The molecule has 0 aromatic heterocycles. The van der Waals surface area contributed by atoms with Gasteiger partial charge in [0.2, 0.25) is 11.8 Å². The van der Waals surface area contributed by atoms with E-state index >= 15 is 0 Å². The summed E-state index contributed by atoms with van der Waals surface area (Å²) in [6.07, 6.45) is 8.44. The van der Waals surface area contributed by atoms with Gasteiger partial charge in [-0.25, -0.2) is 4.39 Å². The summed E-state index contributed by atoms with van der Waals surface area (Å²) in [5.74, 6) is -1.37. The Bertz CT molecular complexity index is 724. The zero-order valence-electron chi connectivity index (χ0n) is 15.7. The van der Waals surface area contributed by atoms with Crippen LogP contribution in [0.3, 0.4) is 0 Å². The third kappa shape index (κ3) is 3.72. The van der Waals surface area contributed by atoms with Crippen molar-refractivity contribution >= 4 is 17.5 Å². The molecule has 0 unspecified atom stereocenters. The lowest BCUT2D eigenvalue weighted by atomic mass is 9.88. The Morgan fingerprint density at radius 2 is 1.93 bits per heavy atom. The zero-order valence-corrected chi connectivity index (χ0v) is 15.7. The number of rotatable bonds is 4. The quantitative estimate of drug-likeness (QED) is 0.852. The van der Waals surface area contributed by atoms with Gasteiger partial charge in [-0.05, 0) is 62.5 Å². The molecule has 0 radical (unpaired) electrons. The highest BCUT2D eigenvalue weighted by molar-refractivity contribution is 6.01. The molecule has 6 heteroatoms. The van der Waals surface area contributed by atoms with Crippen molar-refractivity contribution < 1.29 is 14.0 Å². The summed E-state index contributed by atoms with van der Waals surface area (Å²) in [5, 5.41) is 5.86. The standard InChI is InChI=1S/C21H28FN3O2/c22-15-6-7-18-16(12-15)17(13-19(26)24-18)20(27)23-14-21(8-2-3-9-21)25-10-4-1-5-11-25/h6-7,12,17H,1-5,8-11,13-14H2,(H,23,27)(H,24,26)/t17-/m0/s1. The fraction of sp³-hybridized carbons (Fsp3) is 0.619. The highest BCUT2D eigenvalue weighted by Crippen LogP contribution is 2.37. The number of fused-ring (bicyclic) bond motifs is 1. The Kier molecular flexibility index (Phi) is 5.17. The van der Waals surface area contributed by atoms with Crippen molar-refractivity contribution in [3.63, 3.8) is 0 Å². The maximum Gasteiger partial charge on any atom is 0.228 e. The van der Waals surface area contributed by atoms with Crippen molar-refractivity contribution in [3.05, 3.63) is 29.6 Å². The molecule has 0 bridgehead atoms. The van der Waals surface area contributed by atoms with Crippen molar-refractivity contribution in [3.8, 4) is 0 Å². The predicted octanol–water partition coefficient (Wildman–Crippen LogP) is 3.17. The smallest absolute Gasteiger partial charge is 0.228 e. The third-order valence-corrected chi connectivity index (χ3v) is 6.52. The van der Waals surface area contributed by atoms with E-state index in [0.29, 0.717) is 17.8 Å². The first-order valence-corrected chi connectivity index (χ1v) is 10.2. The number of hydrogen-bond donors (Lipinski definition) is 2. The molecule has 27 heavy (non-hydrogen) atoms. The molecule has 2 heterocycles. The molecule has 146 valence electrons. The van der Waals surface area contributed by atoms with Gasteiger partial charge in [0.1, 0.15) is 5.82 Å². The number of carbonyl (C=O) groups is 2. The van der Waals surface area contributed by atoms with E-state index in [4.69, 9.17) is 0 Å². The molecule has 2 N–H and O–H groups in total. The van der Waals surface area contributed by atoms with Gasteiger partial charge in [0.15, 0.2) is 0 Å². The molecule has 3 aliphatic rings. The number of amides is 2. The van der Waals surface area contributed by atoms with Crippen LogP contribution >= 0.6 is 0 Å². The van der Waals surface area contributed by atoms with Gasteiger partial charge in [0, 0.05) is 24.2 Å². The molecule has 1 saturated heterocycles. The highest BCUT2D eigenvalue weighted by Gasteiger charge is 2.41. The predicted molar refractivity (Wildman–Crippen MR) is 102 cm³/mol. The Morgan fingerprint density at radius 1 is 1.19 bits per heavy atom. The minimum atomic E-state index is -0.621. The first-order chi connectivity index (χ1) is 13.1. The Labute approximate surface area is 159 Å². The van der Waals surface area contributed by atoms with Gasteiger partial charge in [-0.2, -0.15) is 0 Å². The van der Waals surface area contributed by atoms with Crippen LogP contribution in [0.25, 0.3) is 0 Å². The fourth-order valence-electron chi connectivity index (χ4n) is 5.05. The molecular formula is C21H28FN3O2. The number of carbonyl (C=O) groups excluding carboxylic acids is 2. The lowest BCUT2D eigenvalue weighted by Gasteiger charge is -2.44. The van der Waals surface area contributed by atoms with Crippen LogP contribution in [-0.4, -0.2) is 41.9 Å². The van der Waals surface area contributed by atoms with Gasteiger partial charge in [-0.1, -0.05) is 19.3 Å². The number of hydrogen-bond acceptors (Lipinski definition) is 3. The van der Waals surface area contributed by atoms with Crippen LogP contribution in [0, 0.1) is 5.82 Å². The monoisotopic (exact) mass is 373 g/mol. The van der Waals surface area contributed by atoms with Crippen LogP contribution in [0.1, 0.15) is 62.8 Å². The second-order valence-corrected chi connectivity index (χ2v) is 8.23. The topological polar surface area (TPSA) is 61.4 Å². The van der Waals surface area contributed by atoms with E-state index in [1.807, 2.05) is 0 Å². The van der Waals surface area contributed by atoms with Crippen molar-refractivity contribution in [2.24, 2.45) is 0 Å². The summed E-state index contributed by atoms with van der Waals surface area (Å²) in [6, 6.07) is 4.21. The lowest BCUT2D eigenvalue weighted by molar-refractivity contribution is -0.126. The van der Waals surface area contributed by atoms with E-state index in [9.17, 15) is 14.0 Å². The van der Waals surface area contributed by atoms with Crippen molar-refractivity contribution in [1.29, 1.82) is 0 Å². The van der Waals surface area contributed by atoms with Crippen LogP contribution in [0.5, 0.6) is 0 Å². The molecule has 0 spiro atoms. The second-order valence-electron chi connectivity index (χ2n) is 8.23. The van der Waals surface area contributed by atoms with E-state index in [1.165, 1.54) is 50.3 Å². The van der Waals surface area contributed by atoms with E-state index in [0.717, 1.165) is 25.9 Å². The number of anilines is 1. The largest absolute Gasteiger partial charge is 0.354 e. The normalized spacial score (nSPS) is 24.9. The third-order valence-electron chi connectivity index (χ3n) is 6.52. The minimum absolute atomic E-state index is 0.0533. The number of halogens is 1. The summed E-state index contributed by atoms with van der Waals surface area (Å²) in [7, 11) is 0. The Morgan fingerprint density at radius 3 is 2.67 bits per heavy atom. The fourth-order valence-corrected chi connectivity index (χ4v) is 5.05. The van der Waals surface area contributed by atoms with Crippen LogP contribution in [0.2, 0.25) is 0 Å². The summed E-state index contributed by atoms with van der Waals surface area (Å²) < 4.78 is 13.7. The Balaban J connectivity index is 1.49. The summed E-state index contributed by atoms with van der Waals surface area (Å²) in [4.78, 5) is 27.5. The van der Waals surface area contributed by atoms with Gasteiger partial charge in [0.05, 0.1) is 5.92 Å². The van der Waals surface area contributed by atoms with Crippen molar-refractivity contribution in [2.45, 2.75) is 62.8 Å². The highest BCUT2D eigenvalue weighted by atomic mass is 19.1. The second kappa shape index (κ2) is 7.58. The average molecular weight is 373 g/mol. The first-order valence-electron chi connectivity index (χ1n) is 10.2. The first kappa shape index (κ1) is 18.4. The average Bonchev–Trinajstić information content (AvgIpc) is 3.17. The molecular weight excluding hydrogens is 345 g/mol. The maximum absolute atomic E-state index is 13.7. The number of nitrogens with one attached hydrogen (secondary N) is 2. The molecule has 5 nitrogen and oxygen atoms in total. The molecule has 1 aliphatic carbocycles. The van der Waals surface area contributed by atoms with Gasteiger partial charge in [-0.3, -0.25) is 14.5 Å². The molecule has 2 amide bonds. The SMILES string of the molecule is O=C1C[C@H](C(=O)NCC2(N3CCCCC3)CCCC2)c2cc(F)ccc2N1.